The maximum absolute atomic E-state index is 10.1. The van der Waals surface area contributed by atoms with Gasteiger partial charge in [0.05, 0.1) is 0 Å². The Morgan fingerprint density at radius 2 is 1.40 bits per heavy atom. The maximum Gasteiger partial charge on any atom is 0.263 e. The summed E-state index contributed by atoms with van der Waals surface area (Å²) in [6.45, 7) is 2.22. The second-order valence-electron chi connectivity index (χ2n) is 0.339. The third-order valence-corrected chi connectivity index (χ3v) is 0. The maximum atomic E-state index is 10.1. The molecule has 0 rings (SSSR count). The molecule has 0 saturated heterocycles. The van der Waals surface area contributed by atoms with Gasteiger partial charge < -0.3 is 0 Å². The number of hydrogen-bond acceptors (Lipinski definition) is 0. The molecule has 0 aromatic carbocycles. The first-order valence-corrected chi connectivity index (χ1v) is 0.732. The summed E-state index contributed by atoms with van der Waals surface area (Å²) in [7, 11) is 0. The molecule has 4 radical (unpaired) electrons. The minimum Gasteiger partial charge on any atom is -0.174 e. The molecule has 0 saturated carbocycles. The van der Waals surface area contributed by atoms with Crippen LogP contribution in [0.4, 0.5) is 8.78 Å². The summed E-state index contributed by atoms with van der Waals surface area (Å²) in [5.41, 5.74) is 0. The normalized spacial score (nSPS) is 5.20. The minimum absolute atomic E-state index is 0. The van der Waals surface area contributed by atoms with Crippen LogP contribution in [0, 0.1) is 0 Å². The van der Waals surface area contributed by atoms with Crippen molar-refractivity contribution in [2.24, 2.45) is 0 Å². The molecule has 0 N–H and O–H groups in total. The Balaban J connectivity index is 0. The molecule has 0 nitrogen and oxygen atoms in total. The van der Waals surface area contributed by atoms with Gasteiger partial charge in [0, 0.05) is 23.9 Å². The molecular weight excluding hydrogens is 181 g/mol. The van der Waals surface area contributed by atoms with Gasteiger partial charge in [-0.3, -0.25) is 0 Å². The molecule has 0 atom stereocenters. The Morgan fingerprint density at radius 3 is 1.40 bits per heavy atom. The summed E-state index contributed by atoms with van der Waals surface area (Å²) in [5, 5.41) is 0. The molecule has 0 bridgehead atoms. The van der Waals surface area contributed by atoms with Crippen LogP contribution in [-0.4, -0.2) is 23.9 Å². The molecule has 0 aliphatic carbocycles. The first-order chi connectivity index (χ1) is 1.73. The summed E-state index contributed by atoms with van der Waals surface area (Å²) >= 11 is 0. The van der Waals surface area contributed by atoms with Crippen LogP contribution in [0.5, 0.6) is 0 Å². The quantitative estimate of drug-likeness (QED) is 0.491. The van der Waals surface area contributed by atoms with Gasteiger partial charge >= 0.3 is 0 Å². The van der Waals surface area contributed by atoms with Crippen molar-refractivity contribution in [1.29, 1.82) is 0 Å². The smallest absolute Gasteiger partial charge is 0.174 e. The fourth-order valence-electron chi connectivity index (χ4n) is 0. The first kappa shape index (κ1) is 9.04. The fraction of sp³-hybridized carbons (Fsp3) is 0. The Kier molecular flexibility index (Phi) is 7.96. The molecule has 0 unspecified atom stereocenters. The van der Waals surface area contributed by atoms with E-state index in [9.17, 15) is 8.78 Å². The van der Waals surface area contributed by atoms with Gasteiger partial charge in [-0.05, 0) is 6.58 Å². The van der Waals surface area contributed by atoms with Gasteiger partial charge in [-0.1, -0.05) is 0 Å². The third kappa shape index (κ3) is 159. The molecule has 0 spiro atoms. The topological polar surface area (TPSA) is 0 Å². The van der Waals surface area contributed by atoms with E-state index in [1.54, 1.807) is 0 Å². The van der Waals surface area contributed by atoms with Crippen molar-refractivity contribution >= 4 is 23.9 Å². The monoisotopic (exact) mass is 184 g/mol. The Morgan fingerprint density at radius 1 is 1.40 bits per heavy atom. The van der Waals surface area contributed by atoms with Crippen LogP contribution < -0.4 is 0 Å². The van der Waals surface area contributed by atoms with Crippen LogP contribution in [0.2, 0.25) is 0 Å². The fourth-order valence-corrected chi connectivity index (χ4v) is 0. The van der Waals surface area contributed by atoms with E-state index in [1.807, 2.05) is 0 Å². The molecule has 3 heteroatoms. The number of rotatable bonds is 0. The number of halogens is 2. The molecule has 28 valence electrons. The average molecular weight is 183 g/mol. The van der Waals surface area contributed by atoms with Gasteiger partial charge in [0.25, 0.3) is 6.08 Å². The van der Waals surface area contributed by atoms with Gasteiger partial charge in [-0.2, -0.15) is 8.78 Å². The first-order valence-electron chi connectivity index (χ1n) is 0.732. The van der Waals surface area contributed by atoms with E-state index in [1.165, 1.54) is 0 Å². The zero-order valence-electron chi connectivity index (χ0n) is 2.46. The molecule has 0 aliphatic heterocycles. The van der Waals surface area contributed by atoms with Gasteiger partial charge in [0.2, 0.25) is 0 Å². The molecule has 0 aromatic heterocycles. The summed E-state index contributed by atoms with van der Waals surface area (Å²) in [6, 6.07) is 0. The molecule has 0 amide bonds. The standard InChI is InChI=1S/C2H2F2.Sn/c1-2(3)4;/h1H2;. The van der Waals surface area contributed by atoms with E-state index in [4.69, 9.17) is 0 Å². The van der Waals surface area contributed by atoms with Gasteiger partial charge in [-0.15, -0.1) is 0 Å². The van der Waals surface area contributed by atoms with Crippen molar-refractivity contribution in [2.45, 2.75) is 0 Å². The van der Waals surface area contributed by atoms with E-state index in [0.29, 0.717) is 0 Å². The predicted molar refractivity (Wildman–Crippen MR) is 17.1 cm³/mol. The SMILES string of the molecule is C=C(F)F.[Sn]. The zero-order valence-corrected chi connectivity index (χ0v) is 5.32. The molecule has 5 heavy (non-hydrogen) atoms. The van der Waals surface area contributed by atoms with Crippen molar-refractivity contribution in [3.63, 3.8) is 0 Å². The largest absolute Gasteiger partial charge is 0.263 e. The summed E-state index contributed by atoms with van der Waals surface area (Å²) < 4.78 is 20.3. The predicted octanol–water partition coefficient (Wildman–Crippen LogP) is 1.02. The van der Waals surface area contributed by atoms with Crippen molar-refractivity contribution in [1.82, 2.24) is 0 Å². The van der Waals surface area contributed by atoms with Crippen LogP contribution in [0.25, 0.3) is 0 Å². The van der Waals surface area contributed by atoms with Gasteiger partial charge in [-0.25, -0.2) is 0 Å². The van der Waals surface area contributed by atoms with Crippen LogP contribution >= 0.6 is 0 Å². The summed E-state index contributed by atoms with van der Waals surface area (Å²) in [5.74, 6) is 0. The van der Waals surface area contributed by atoms with E-state index in [0.717, 1.165) is 0 Å². The zero-order chi connectivity index (χ0) is 3.58. The summed E-state index contributed by atoms with van der Waals surface area (Å²) in [6.07, 6.45) is -1.83. The van der Waals surface area contributed by atoms with Crippen molar-refractivity contribution in [3.05, 3.63) is 12.7 Å². The van der Waals surface area contributed by atoms with E-state index in [-0.39, 0.29) is 23.9 Å². The van der Waals surface area contributed by atoms with Gasteiger partial charge in [0.15, 0.2) is 0 Å². The van der Waals surface area contributed by atoms with Crippen molar-refractivity contribution in [3.8, 4) is 0 Å². The Hall–Kier alpha value is 0.399. The minimum atomic E-state index is -1.83. The van der Waals surface area contributed by atoms with Crippen LogP contribution in [0.3, 0.4) is 0 Å². The van der Waals surface area contributed by atoms with Gasteiger partial charge in [0.1, 0.15) is 0 Å². The summed E-state index contributed by atoms with van der Waals surface area (Å²) in [4.78, 5) is 0. The molecule has 0 aliphatic rings. The Labute approximate surface area is 45.8 Å². The van der Waals surface area contributed by atoms with Crippen LogP contribution in [0.15, 0.2) is 12.7 Å². The third-order valence-electron chi connectivity index (χ3n) is 0. The average Bonchev–Trinajstić information content (AvgIpc) is 0.811. The van der Waals surface area contributed by atoms with E-state index in [2.05, 4.69) is 6.58 Å². The molecule has 0 aromatic rings. The Bertz CT molecular complexity index is 30.6. The van der Waals surface area contributed by atoms with Crippen molar-refractivity contribution in [2.75, 3.05) is 0 Å². The second-order valence-corrected chi connectivity index (χ2v) is 0.339. The van der Waals surface area contributed by atoms with Crippen LogP contribution in [-0.2, 0) is 0 Å². The second kappa shape index (κ2) is 4.40. The number of hydrogen-bond donors (Lipinski definition) is 0. The van der Waals surface area contributed by atoms with E-state index >= 15 is 0 Å². The van der Waals surface area contributed by atoms with Crippen LogP contribution in [0.1, 0.15) is 0 Å². The van der Waals surface area contributed by atoms with Crippen molar-refractivity contribution < 1.29 is 8.78 Å². The molecule has 0 fully saturated rings. The van der Waals surface area contributed by atoms with E-state index < -0.39 is 6.08 Å². The molecule has 0 heterocycles. The molecular formula is C2H2F2Sn.